The molecule has 0 radical (unpaired) electrons. The van der Waals surface area contributed by atoms with Crippen LogP contribution in [0, 0.1) is 0 Å². The Kier molecular flexibility index (Phi) is 5.86. The van der Waals surface area contributed by atoms with E-state index in [9.17, 15) is 14.4 Å². The van der Waals surface area contributed by atoms with Crippen LogP contribution < -0.4 is 16.6 Å². The highest BCUT2D eigenvalue weighted by Gasteiger charge is 2.19. The molecule has 0 unspecified atom stereocenters. The fourth-order valence-corrected chi connectivity index (χ4v) is 2.44. The maximum absolute atomic E-state index is 12.5. The first-order valence-electron chi connectivity index (χ1n) is 7.81. The first-order chi connectivity index (χ1) is 11.9. The van der Waals surface area contributed by atoms with Gasteiger partial charge in [-0.15, -0.1) is 10.2 Å². The minimum absolute atomic E-state index is 0.00889. The summed E-state index contributed by atoms with van der Waals surface area (Å²) in [7, 11) is 4.43. The van der Waals surface area contributed by atoms with Crippen molar-refractivity contribution in [3.8, 4) is 0 Å². The van der Waals surface area contributed by atoms with Gasteiger partial charge in [0.15, 0.2) is 5.82 Å². The molecule has 1 atom stereocenters. The van der Waals surface area contributed by atoms with Crippen LogP contribution in [-0.4, -0.2) is 43.5 Å². The van der Waals surface area contributed by atoms with E-state index >= 15 is 0 Å². The second-order valence-electron chi connectivity index (χ2n) is 5.69. The first kappa shape index (κ1) is 18.6. The molecule has 2 aromatic heterocycles. The van der Waals surface area contributed by atoms with Crippen molar-refractivity contribution in [3.05, 3.63) is 44.8 Å². The molecule has 0 bridgehead atoms. The molecule has 0 aromatic carbocycles. The summed E-state index contributed by atoms with van der Waals surface area (Å²) in [4.78, 5) is 36.2. The average Bonchev–Trinajstić information content (AvgIpc) is 3.05. The summed E-state index contributed by atoms with van der Waals surface area (Å²) in [5, 5.41) is 10.7. The molecule has 0 saturated heterocycles. The molecule has 0 spiro atoms. The Balaban J connectivity index is 2.18. The number of hydrogen-bond acceptors (Lipinski definition) is 6. The lowest BCUT2D eigenvalue weighted by molar-refractivity contribution is 0.0927. The number of carbonyl (C=O) groups excluding carboxylic acids is 1. The van der Waals surface area contributed by atoms with Crippen LogP contribution in [0.25, 0.3) is 0 Å². The van der Waals surface area contributed by atoms with E-state index in [0.29, 0.717) is 19.0 Å². The number of amides is 1. The summed E-state index contributed by atoms with van der Waals surface area (Å²) in [6.45, 7) is 3.02. The SMILES string of the molecule is COCCCn1cnnc1[C@@H](C)NC(=O)c1cc(=O)n(C)c(=O)n1C. The van der Waals surface area contributed by atoms with Gasteiger partial charge in [0, 0.05) is 40.4 Å². The molecular formula is C15H22N6O4. The van der Waals surface area contributed by atoms with Crippen molar-refractivity contribution in [1.29, 1.82) is 0 Å². The lowest BCUT2D eigenvalue weighted by Gasteiger charge is -2.16. The highest BCUT2D eigenvalue weighted by Crippen LogP contribution is 2.10. The van der Waals surface area contributed by atoms with E-state index in [0.717, 1.165) is 21.6 Å². The molecule has 0 fully saturated rings. The van der Waals surface area contributed by atoms with Crippen LogP contribution in [0.1, 0.15) is 35.7 Å². The smallest absolute Gasteiger partial charge is 0.331 e. The number of carbonyl (C=O) groups is 1. The molecule has 1 N–H and O–H groups in total. The number of ether oxygens (including phenoxy) is 1. The number of nitrogens with one attached hydrogen (secondary N) is 1. The lowest BCUT2D eigenvalue weighted by atomic mass is 10.2. The zero-order valence-electron chi connectivity index (χ0n) is 14.7. The molecule has 0 aliphatic heterocycles. The van der Waals surface area contributed by atoms with E-state index in [-0.39, 0.29) is 5.69 Å². The Morgan fingerprint density at radius 3 is 2.72 bits per heavy atom. The molecule has 1 amide bonds. The predicted octanol–water partition coefficient (Wildman–Crippen LogP) is -0.797. The molecule has 25 heavy (non-hydrogen) atoms. The third-order valence-corrected chi connectivity index (χ3v) is 3.89. The largest absolute Gasteiger partial charge is 0.385 e. The van der Waals surface area contributed by atoms with E-state index in [4.69, 9.17) is 4.74 Å². The van der Waals surface area contributed by atoms with Crippen molar-refractivity contribution in [3.63, 3.8) is 0 Å². The number of aromatic nitrogens is 5. The molecule has 10 heteroatoms. The monoisotopic (exact) mass is 350 g/mol. The van der Waals surface area contributed by atoms with Crippen molar-refractivity contribution in [2.75, 3.05) is 13.7 Å². The van der Waals surface area contributed by atoms with E-state index in [1.807, 2.05) is 4.57 Å². The Labute approximate surface area is 144 Å². The molecule has 136 valence electrons. The Morgan fingerprint density at radius 1 is 1.32 bits per heavy atom. The molecule has 0 aliphatic carbocycles. The van der Waals surface area contributed by atoms with Crippen molar-refractivity contribution in [2.24, 2.45) is 14.1 Å². The quantitative estimate of drug-likeness (QED) is 0.654. The lowest BCUT2D eigenvalue weighted by Crippen LogP contribution is -2.41. The van der Waals surface area contributed by atoms with Crippen LogP contribution in [0.15, 0.2) is 22.0 Å². The summed E-state index contributed by atoms with van der Waals surface area (Å²) in [6, 6.07) is 0.684. The fourth-order valence-electron chi connectivity index (χ4n) is 2.44. The summed E-state index contributed by atoms with van der Waals surface area (Å²) in [6.07, 6.45) is 2.37. The van der Waals surface area contributed by atoms with Gasteiger partial charge in [-0.1, -0.05) is 0 Å². The summed E-state index contributed by atoms with van der Waals surface area (Å²) in [5.41, 5.74) is -1.11. The van der Waals surface area contributed by atoms with Crippen LogP contribution in [0.5, 0.6) is 0 Å². The normalized spacial score (nSPS) is 12.2. The molecule has 2 aromatic rings. The molecule has 10 nitrogen and oxygen atoms in total. The van der Waals surface area contributed by atoms with Crippen molar-refractivity contribution in [2.45, 2.75) is 25.9 Å². The Bertz CT molecular complexity index is 866. The maximum Gasteiger partial charge on any atom is 0.331 e. The van der Waals surface area contributed by atoms with E-state index in [1.54, 1.807) is 20.4 Å². The van der Waals surface area contributed by atoms with Gasteiger partial charge in [0.1, 0.15) is 12.0 Å². The average molecular weight is 350 g/mol. The predicted molar refractivity (Wildman–Crippen MR) is 89.3 cm³/mol. The van der Waals surface area contributed by atoms with Crippen LogP contribution in [0.4, 0.5) is 0 Å². The number of methoxy groups -OCH3 is 1. The highest BCUT2D eigenvalue weighted by atomic mass is 16.5. The second kappa shape index (κ2) is 7.88. The van der Waals surface area contributed by atoms with E-state index < -0.39 is 23.2 Å². The minimum Gasteiger partial charge on any atom is -0.385 e. The van der Waals surface area contributed by atoms with Crippen molar-refractivity contribution in [1.82, 2.24) is 29.2 Å². The minimum atomic E-state index is -0.562. The third kappa shape index (κ3) is 4.02. The molecule has 2 rings (SSSR count). The number of rotatable bonds is 7. The molecule has 0 saturated carbocycles. The summed E-state index contributed by atoms with van der Waals surface area (Å²) < 4.78 is 8.92. The van der Waals surface area contributed by atoms with Gasteiger partial charge < -0.3 is 14.6 Å². The molecule has 2 heterocycles. The zero-order valence-corrected chi connectivity index (χ0v) is 14.7. The van der Waals surface area contributed by atoms with Crippen LogP contribution in [0.3, 0.4) is 0 Å². The van der Waals surface area contributed by atoms with Crippen LogP contribution in [-0.2, 0) is 25.4 Å². The maximum atomic E-state index is 12.5. The van der Waals surface area contributed by atoms with E-state index in [2.05, 4.69) is 15.5 Å². The van der Waals surface area contributed by atoms with Gasteiger partial charge in [-0.05, 0) is 13.3 Å². The van der Waals surface area contributed by atoms with Gasteiger partial charge in [0.05, 0.1) is 6.04 Å². The van der Waals surface area contributed by atoms with Crippen molar-refractivity contribution >= 4 is 5.91 Å². The molecule has 0 aliphatic rings. The van der Waals surface area contributed by atoms with Gasteiger partial charge in [-0.3, -0.25) is 18.7 Å². The van der Waals surface area contributed by atoms with Gasteiger partial charge in [0.25, 0.3) is 11.5 Å². The fraction of sp³-hybridized carbons (Fsp3) is 0.533. The van der Waals surface area contributed by atoms with E-state index in [1.165, 1.54) is 14.1 Å². The number of hydrogen-bond donors (Lipinski definition) is 1. The zero-order chi connectivity index (χ0) is 18.6. The Hall–Kier alpha value is -2.75. The van der Waals surface area contributed by atoms with Crippen molar-refractivity contribution < 1.29 is 9.53 Å². The third-order valence-electron chi connectivity index (χ3n) is 3.89. The van der Waals surface area contributed by atoms with Gasteiger partial charge in [-0.25, -0.2) is 4.79 Å². The van der Waals surface area contributed by atoms with Crippen LogP contribution in [0.2, 0.25) is 0 Å². The molecular weight excluding hydrogens is 328 g/mol. The number of aryl methyl sites for hydroxylation is 1. The van der Waals surface area contributed by atoms with Gasteiger partial charge in [0.2, 0.25) is 0 Å². The van der Waals surface area contributed by atoms with Gasteiger partial charge >= 0.3 is 5.69 Å². The Morgan fingerprint density at radius 2 is 2.04 bits per heavy atom. The summed E-state index contributed by atoms with van der Waals surface area (Å²) >= 11 is 0. The van der Waals surface area contributed by atoms with Crippen LogP contribution >= 0.6 is 0 Å². The highest BCUT2D eigenvalue weighted by molar-refractivity contribution is 5.92. The second-order valence-corrected chi connectivity index (χ2v) is 5.69. The summed E-state index contributed by atoms with van der Waals surface area (Å²) in [5.74, 6) is 0.0505. The standard InChI is InChI=1S/C15H22N6O4/c1-10(13-18-16-9-21(13)6-5-7-25-4)17-14(23)11-8-12(22)20(3)15(24)19(11)2/h8-10H,5-7H2,1-4H3,(H,17,23)/t10-/m1/s1. The van der Waals surface area contributed by atoms with Gasteiger partial charge in [-0.2, -0.15) is 0 Å². The topological polar surface area (TPSA) is 113 Å². The first-order valence-corrected chi connectivity index (χ1v) is 7.81. The number of nitrogens with zero attached hydrogens (tertiary/aromatic N) is 5.